The lowest BCUT2D eigenvalue weighted by atomic mass is 9.90. The highest BCUT2D eigenvalue weighted by Gasteiger charge is 2.26. The number of amides is 1. The number of aryl methyl sites for hydroxylation is 1. The molecule has 1 aliphatic heterocycles. The molecule has 6 nitrogen and oxygen atoms in total. The Hall–Kier alpha value is -2.67. The van der Waals surface area contributed by atoms with Gasteiger partial charge in [0.25, 0.3) is 11.5 Å². The Morgan fingerprint density at radius 2 is 1.75 bits per heavy atom. The van der Waals surface area contributed by atoms with Crippen molar-refractivity contribution in [2.75, 3.05) is 13.1 Å². The molecule has 2 aromatic heterocycles. The molecule has 3 heterocycles. The van der Waals surface area contributed by atoms with Gasteiger partial charge in [0.1, 0.15) is 4.83 Å². The second kappa shape index (κ2) is 7.39. The molecule has 28 heavy (non-hydrogen) atoms. The molecule has 1 amide bonds. The number of likely N-dealkylation sites (tertiary alicyclic amines) is 1. The van der Waals surface area contributed by atoms with Crippen molar-refractivity contribution < 1.29 is 4.79 Å². The third-order valence-corrected chi connectivity index (χ3v) is 6.81. The monoisotopic (exact) mass is 397 g/mol. The van der Waals surface area contributed by atoms with Gasteiger partial charge in [-0.1, -0.05) is 30.3 Å². The summed E-state index contributed by atoms with van der Waals surface area (Å²) in [5.41, 5.74) is 0.614. The summed E-state index contributed by atoms with van der Waals surface area (Å²) in [7, 11) is 3.09. The number of fused-ring (bicyclic) bond motifs is 1. The van der Waals surface area contributed by atoms with Crippen molar-refractivity contribution in [3.63, 3.8) is 0 Å². The van der Waals surface area contributed by atoms with Crippen molar-refractivity contribution in [3.8, 4) is 0 Å². The molecule has 7 heteroatoms. The van der Waals surface area contributed by atoms with E-state index in [2.05, 4.69) is 24.3 Å². The van der Waals surface area contributed by atoms with Gasteiger partial charge in [0.15, 0.2) is 0 Å². The van der Waals surface area contributed by atoms with Gasteiger partial charge in [0, 0.05) is 27.2 Å². The van der Waals surface area contributed by atoms with Crippen LogP contribution in [0.4, 0.5) is 0 Å². The van der Waals surface area contributed by atoms with Crippen LogP contribution in [-0.2, 0) is 20.5 Å². The predicted molar refractivity (Wildman–Crippen MR) is 111 cm³/mol. The smallest absolute Gasteiger partial charge is 0.331 e. The summed E-state index contributed by atoms with van der Waals surface area (Å²) in [6.45, 7) is 1.45. The molecule has 1 fully saturated rings. The van der Waals surface area contributed by atoms with Crippen LogP contribution in [0, 0.1) is 5.92 Å². The zero-order valence-corrected chi connectivity index (χ0v) is 16.9. The first-order valence-electron chi connectivity index (χ1n) is 9.48. The largest absolute Gasteiger partial charge is 0.338 e. The fourth-order valence-corrected chi connectivity index (χ4v) is 4.98. The number of nitrogens with zero attached hydrogens (tertiary/aromatic N) is 3. The van der Waals surface area contributed by atoms with Gasteiger partial charge in [-0.15, -0.1) is 11.3 Å². The maximum Gasteiger partial charge on any atom is 0.331 e. The first-order chi connectivity index (χ1) is 13.5. The number of carbonyl (C=O) groups is 1. The molecule has 146 valence electrons. The van der Waals surface area contributed by atoms with E-state index in [0.717, 1.165) is 36.9 Å². The van der Waals surface area contributed by atoms with Crippen molar-refractivity contribution in [2.24, 2.45) is 20.0 Å². The highest BCUT2D eigenvalue weighted by atomic mass is 32.1. The first-order valence-corrected chi connectivity index (χ1v) is 10.3. The lowest BCUT2D eigenvalue weighted by Crippen LogP contribution is -2.38. The van der Waals surface area contributed by atoms with Crippen molar-refractivity contribution in [1.82, 2.24) is 14.0 Å². The zero-order valence-electron chi connectivity index (χ0n) is 16.1. The molecule has 0 spiro atoms. The fraction of sp³-hybridized carbons (Fsp3) is 0.381. The third-order valence-electron chi connectivity index (χ3n) is 5.61. The molecule has 1 aromatic carbocycles. The lowest BCUT2D eigenvalue weighted by Gasteiger charge is -2.31. The standard InChI is InChI=1S/C21H23N3O3S/c1-22-18(25)16-13-17(28-20(16)23(2)21(22)27)19(26)24-10-8-15(9-11-24)12-14-6-4-3-5-7-14/h3-7,13,15H,8-12H2,1-2H3. The fourth-order valence-electron chi connectivity index (χ4n) is 3.91. The number of benzene rings is 1. The zero-order chi connectivity index (χ0) is 19.8. The van der Waals surface area contributed by atoms with Gasteiger partial charge in [-0.3, -0.25) is 18.7 Å². The van der Waals surface area contributed by atoms with Crippen LogP contribution in [-0.4, -0.2) is 33.0 Å². The minimum atomic E-state index is -0.375. The van der Waals surface area contributed by atoms with E-state index in [0.29, 0.717) is 21.0 Å². The molecule has 0 atom stereocenters. The van der Waals surface area contributed by atoms with Crippen LogP contribution in [0.3, 0.4) is 0 Å². The summed E-state index contributed by atoms with van der Waals surface area (Å²) in [6, 6.07) is 12.1. The number of thiophene rings is 1. The normalized spacial score (nSPS) is 15.3. The van der Waals surface area contributed by atoms with Gasteiger partial charge in [-0.05, 0) is 36.8 Å². The molecular weight excluding hydrogens is 374 g/mol. The van der Waals surface area contributed by atoms with Crippen LogP contribution < -0.4 is 11.2 Å². The van der Waals surface area contributed by atoms with Crippen LogP contribution in [0.1, 0.15) is 28.1 Å². The van der Waals surface area contributed by atoms with Gasteiger partial charge in [-0.2, -0.15) is 0 Å². The van der Waals surface area contributed by atoms with E-state index in [1.54, 1.807) is 13.1 Å². The second-order valence-electron chi connectivity index (χ2n) is 7.46. The van der Waals surface area contributed by atoms with Gasteiger partial charge in [-0.25, -0.2) is 4.79 Å². The van der Waals surface area contributed by atoms with Crippen LogP contribution in [0.2, 0.25) is 0 Å². The van der Waals surface area contributed by atoms with E-state index in [1.165, 1.54) is 28.5 Å². The molecule has 4 rings (SSSR count). The van der Waals surface area contributed by atoms with E-state index >= 15 is 0 Å². The molecule has 0 N–H and O–H groups in total. The van der Waals surface area contributed by atoms with Gasteiger partial charge >= 0.3 is 5.69 Å². The average Bonchev–Trinajstić information content (AvgIpc) is 3.17. The maximum atomic E-state index is 13.0. The predicted octanol–water partition coefficient (Wildman–Crippen LogP) is 2.39. The summed E-state index contributed by atoms with van der Waals surface area (Å²) >= 11 is 1.22. The lowest BCUT2D eigenvalue weighted by molar-refractivity contribution is 0.0695. The average molecular weight is 398 g/mol. The van der Waals surface area contributed by atoms with E-state index in [4.69, 9.17) is 0 Å². The molecular formula is C21H23N3O3S. The summed E-state index contributed by atoms with van der Waals surface area (Å²) in [4.78, 5) is 40.4. The molecule has 1 aliphatic rings. The van der Waals surface area contributed by atoms with Crippen LogP contribution in [0.15, 0.2) is 46.0 Å². The summed E-state index contributed by atoms with van der Waals surface area (Å²) < 4.78 is 2.52. The molecule has 0 unspecified atom stereocenters. The van der Waals surface area contributed by atoms with E-state index in [-0.39, 0.29) is 17.2 Å². The highest BCUT2D eigenvalue weighted by molar-refractivity contribution is 7.20. The van der Waals surface area contributed by atoms with E-state index in [1.807, 2.05) is 11.0 Å². The first kappa shape index (κ1) is 18.7. The SMILES string of the molecule is Cn1c(=O)c2cc(C(=O)N3CCC(Cc4ccccc4)CC3)sc2n(C)c1=O. The van der Waals surface area contributed by atoms with Crippen molar-refractivity contribution in [1.29, 1.82) is 0 Å². The van der Waals surface area contributed by atoms with Crippen molar-refractivity contribution in [2.45, 2.75) is 19.3 Å². The maximum absolute atomic E-state index is 13.0. The second-order valence-corrected chi connectivity index (χ2v) is 8.49. The quantitative estimate of drug-likeness (QED) is 0.682. The van der Waals surface area contributed by atoms with Crippen LogP contribution >= 0.6 is 11.3 Å². The summed E-state index contributed by atoms with van der Waals surface area (Å²) in [6.07, 6.45) is 3.00. The topological polar surface area (TPSA) is 64.3 Å². The highest BCUT2D eigenvalue weighted by Crippen LogP contribution is 2.26. The number of carbonyl (C=O) groups excluding carboxylic acids is 1. The van der Waals surface area contributed by atoms with E-state index < -0.39 is 0 Å². The molecule has 0 saturated carbocycles. The number of hydrogen-bond acceptors (Lipinski definition) is 4. The Balaban J connectivity index is 1.50. The summed E-state index contributed by atoms with van der Waals surface area (Å²) in [5, 5.41) is 0.428. The Labute approximate surface area is 166 Å². The minimum absolute atomic E-state index is 0.0473. The number of rotatable bonds is 3. The minimum Gasteiger partial charge on any atom is -0.338 e. The van der Waals surface area contributed by atoms with Gasteiger partial charge in [0.05, 0.1) is 10.3 Å². The Bertz CT molecular complexity index is 1140. The van der Waals surface area contributed by atoms with Crippen molar-refractivity contribution in [3.05, 3.63) is 67.7 Å². The number of hydrogen-bond donors (Lipinski definition) is 0. The molecule has 0 aliphatic carbocycles. The van der Waals surface area contributed by atoms with E-state index in [9.17, 15) is 14.4 Å². The van der Waals surface area contributed by atoms with Crippen LogP contribution in [0.5, 0.6) is 0 Å². The molecule has 3 aromatic rings. The number of aromatic nitrogens is 2. The van der Waals surface area contributed by atoms with Crippen molar-refractivity contribution >= 4 is 27.5 Å². The summed E-state index contributed by atoms with van der Waals surface area (Å²) in [5.74, 6) is 0.538. The van der Waals surface area contributed by atoms with Crippen LogP contribution in [0.25, 0.3) is 10.2 Å². The molecule has 1 saturated heterocycles. The Kier molecular flexibility index (Phi) is 4.93. The Morgan fingerprint density at radius 3 is 2.43 bits per heavy atom. The molecule has 0 radical (unpaired) electrons. The number of piperidine rings is 1. The Morgan fingerprint density at radius 1 is 1.07 bits per heavy atom. The van der Waals surface area contributed by atoms with Gasteiger partial charge in [0.2, 0.25) is 0 Å². The molecule has 0 bridgehead atoms. The van der Waals surface area contributed by atoms with Gasteiger partial charge < -0.3 is 4.90 Å². The third kappa shape index (κ3) is 3.30.